The lowest BCUT2D eigenvalue weighted by molar-refractivity contribution is 0.0955. The molecule has 0 atom stereocenters. The van der Waals surface area contributed by atoms with Gasteiger partial charge in [0, 0.05) is 33.8 Å². The van der Waals surface area contributed by atoms with Crippen molar-refractivity contribution >= 4 is 23.0 Å². The van der Waals surface area contributed by atoms with Gasteiger partial charge in [0.2, 0.25) is 0 Å². The van der Waals surface area contributed by atoms with E-state index in [4.69, 9.17) is 5.26 Å². The molecule has 32 heavy (non-hydrogen) atoms. The van der Waals surface area contributed by atoms with Crippen LogP contribution in [0.2, 0.25) is 0 Å². The summed E-state index contributed by atoms with van der Waals surface area (Å²) in [7, 11) is 0. The van der Waals surface area contributed by atoms with Crippen LogP contribution in [0.1, 0.15) is 27.0 Å². The molecule has 1 aromatic heterocycles. The standard InChI is InChI=1S/C24H16F2N4O2/c25-19-5-6-21(26)18(11-19)14-30-9-8-20-16(2-1-3-22(20)30)13-28-29-24(32)15-4-7-23(31)17(10-15)12-27/h1-11,13,31H,14H2,(H,29,32)/b28-13+. The second kappa shape index (κ2) is 8.70. The minimum atomic E-state index is -0.538. The number of nitrogens with one attached hydrogen (secondary N) is 1. The van der Waals surface area contributed by atoms with Gasteiger partial charge in [0.05, 0.1) is 18.3 Å². The van der Waals surface area contributed by atoms with E-state index in [2.05, 4.69) is 10.5 Å². The van der Waals surface area contributed by atoms with E-state index in [1.54, 1.807) is 29.0 Å². The molecule has 0 radical (unpaired) electrons. The first kappa shape index (κ1) is 20.8. The Bertz CT molecular complexity index is 1400. The zero-order chi connectivity index (χ0) is 22.7. The van der Waals surface area contributed by atoms with E-state index in [1.165, 1.54) is 30.5 Å². The Morgan fingerprint density at radius 1 is 1.16 bits per heavy atom. The smallest absolute Gasteiger partial charge is 0.271 e. The zero-order valence-electron chi connectivity index (χ0n) is 16.6. The van der Waals surface area contributed by atoms with Gasteiger partial charge in [0.1, 0.15) is 23.5 Å². The fourth-order valence-corrected chi connectivity index (χ4v) is 3.34. The van der Waals surface area contributed by atoms with Gasteiger partial charge in [-0.2, -0.15) is 10.4 Å². The van der Waals surface area contributed by atoms with E-state index < -0.39 is 17.5 Å². The van der Waals surface area contributed by atoms with E-state index in [0.29, 0.717) is 5.56 Å². The molecule has 4 aromatic rings. The normalized spacial score (nSPS) is 11.0. The number of carbonyl (C=O) groups excluding carboxylic acids is 1. The maximum Gasteiger partial charge on any atom is 0.271 e. The average molecular weight is 430 g/mol. The van der Waals surface area contributed by atoms with Crippen molar-refractivity contribution in [3.63, 3.8) is 0 Å². The Kier molecular flexibility index (Phi) is 5.64. The van der Waals surface area contributed by atoms with Crippen LogP contribution in [0.3, 0.4) is 0 Å². The summed E-state index contributed by atoms with van der Waals surface area (Å²) in [5, 5.41) is 23.3. The monoisotopic (exact) mass is 430 g/mol. The van der Waals surface area contributed by atoms with Crippen LogP contribution in [0.15, 0.2) is 72.0 Å². The quantitative estimate of drug-likeness (QED) is 0.365. The van der Waals surface area contributed by atoms with Crippen molar-refractivity contribution in [2.45, 2.75) is 6.54 Å². The summed E-state index contributed by atoms with van der Waals surface area (Å²) in [6.45, 7) is 0.159. The minimum Gasteiger partial charge on any atom is -0.507 e. The summed E-state index contributed by atoms with van der Waals surface area (Å²) < 4.78 is 29.3. The van der Waals surface area contributed by atoms with Gasteiger partial charge in [-0.3, -0.25) is 4.79 Å². The first-order valence-corrected chi connectivity index (χ1v) is 9.54. The van der Waals surface area contributed by atoms with Crippen LogP contribution < -0.4 is 5.43 Å². The Morgan fingerprint density at radius 3 is 2.81 bits per heavy atom. The molecule has 8 heteroatoms. The summed E-state index contributed by atoms with van der Waals surface area (Å²) in [5.74, 6) is -1.73. The number of halogens is 2. The molecule has 0 aliphatic heterocycles. The molecular formula is C24H16F2N4O2. The second-order valence-corrected chi connectivity index (χ2v) is 7.00. The number of fused-ring (bicyclic) bond motifs is 1. The van der Waals surface area contributed by atoms with Gasteiger partial charge in [-0.05, 0) is 48.5 Å². The van der Waals surface area contributed by atoms with Gasteiger partial charge < -0.3 is 9.67 Å². The topological polar surface area (TPSA) is 90.4 Å². The molecule has 0 bridgehead atoms. The summed E-state index contributed by atoms with van der Waals surface area (Å²) >= 11 is 0. The molecule has 0 saturated carbocycles. The summed E-state index contributed by atoms with van der Waals surface area (Å²) in [4.78, 5) is 12.3. The predicted octanol–water partition coefficient (Wildman–Crippen LogP) is 4.31. The molecule has 0 aliphatic carbocycles. The van der Waals surface area contributed by atoms with Gasteiger partial charge in [-0.1, -0.05) is 12.1 Å². The predicted molar refractivity (Wildman–Crippen MR) is 115 cm³/mol. The van der Waals surface area contributed by atoms with Crippen molar-refractivity contribution < 1.29 is 18.7 Å². The SMILES string of the molecule is N#Cc1cc(C(=O)N/N=C/c2cccc3c2ccn3Cc2cc(F)ccc2F)ccc1O. The highest BCUT2D eigenvalue weighted by Crippen LogP contribution is 2.22. The molecule has 2 N–H and O–H groups in total. The van der Waals surface area contributed by atoms with E-state index in [-0.39, 0.29) is 29.0 Å². The maximum atomic E-state index is 14.0. The number of aromatic nitrogens is 1. The fourth-order valence-electron chi connectivity index (χ4n) is 3.34. The van der Waals surface area contributed by atoms with E-state index in [9.17, 15) is 18.7 Å². The third kappa shape index (κ3) is 4.18. The third-order valence-electron chi connectivity index (χ3n) is 4.94. The number of hydrazone groups is 1. The number of hydrogen-bond donors (Lipinski definition) is 2. The highest BCUT2D eigenvalue weighted by atomic mass is 19.1. The molecule has 6 nitrogen and oxygen atoms in total. The number of nitriles is 1. The number of phenols is 1. The van der Waals surface area contributed by atoms with Crippen LogP contribution in [0, 0.1) is 23.0 Å². The number of aromatic hydroxyl groups is 1. The minimum absolute atomic E-state index is 0.0116. The van der Waals surface area contributed by atoms with Crippen LogP contribution in [-0.2, 0) is 6.54 Å². The Labute approximate surface area is 181 Å². The summed E-state index contributed by atoms with van der Waals surface area (Å²) in [6.07, 6.45) is 3.24. The number of nitrogens with zero attached hydrogens (tertiary/aromatic N) is 3. The molecule has 158 valence electrons. The molecule has 1 amide bonds. The van der Waals surface area contributed by atoms with Crippen LogP contribution in [-0.4, -0.2) is 21.8 Å². The van der Waals surface area contributed by atoms with Gasteiger partial charge in [0.25, 0.3) is 5.91 Å². The van der Waals surface area contributed by atoms with Gasteiger partial charge in [-0.15, -0.1) is 0 Å². The first-order valence-electron chi connectivity index (χ1n) is 9.54. The van der Waals surface area contributed by atoms with Crippen LogP contribution in [0.25, 0.3) is 10.9 Å². The number of carbonyl (C=O) groups is 1. The highest BCUT2D eigenvalue weighted by Gasteiger charge is 2.10. The zero-order valence-corrected chi connectivity index (χ0v) is 16.6. The number of rotatable bonds is 5. The third-order valence-corrected chi connectivity index (χ3v) is 4.94. The summed E-state index contributed by atoms with van der Waals surface area (Å²) in [6, 6.07) is 16.3. The fraction of sp³-hybridized carbons (Fsp3) is 0.0417. The molecule has 0 fully saturated rings. The Hall–Kier alpha value is -4.51. The molecule has 0 unspecified atom stereocenters. The Balaban J connectivity index is 1.54. The number of amides is 1. The molecule has 0 aliphatic rings. The lowest BCUT2D eigenvalue weighted by atomic mass is 10.1. The largest absolute Gasteiger partial charge is 0.507 e. The average Bonchev–Trinajstić information content (AvgIpc) is 3.20. The van der Waals surface area contributed by atoms with Gasteiger partial charge in [-0.25, -0.2) is 14.2 Å². The Morgan fingerprint density at radius 2 is 2.00 bits per heavy atom. The van der Waals surface area contributed by atoms with Crippen LogP contribution in [0.4, 0.5) is 8.78 Å². The van der Waals surface area contributed by atoms with E-state index in [1.807, 2.05) is 12.1 Å². The molecule has 3 aromatic carbocycles. The van der Waals surface area contributed by atoms with Gasteiger partial charge in [0.15, 0.2) is 0 Å². The van der Waals surface area contributed by atoms with Crippen LogP contribution in [0.5, 0.6) is 5.75 Å². The first-order chi connectivity index (χ1) is 15.5. The van der Waals surface area contributed by atoms with Crippen molar-refractivity contribution in [1.82, 2.24) is 9.99 Å². The van der Waals surface area contributed by atoms with Crippen molar-refractivity contribution in [2.24, 2.45) is 5.10 Å². The van der Waals surface area contributed by atoms with Gasteiger partial charge >= 0.3 is 0 Å². The van der Waals surface area contributed by atoms with Crippen LogP contribution >= 0.6 is 0 Å². The van der Waals surface area contributed by atoms with E-state index >= 15 is 0 Å². The molecular weight excluding hydrogens is 414 g/mol. The molecule has 4 rings (SSSR count). The number of benzene rings is 3. The van der Waals surface area contributed by atoms with E-state index in [0.717, 1.165) is 23.0 Å². The van der Waals surface area contributed by atoms with Crippen molar-refractivity contribution in [3.8, 4) is 11.8 Å². The lowest BCUT2D eigenvalue weighted by Crippen LogP contribution is -2.17. The number of phenolic OH excluding ortho intramolecular Hbond substituents is 1. The van der Waals surface area contributed by atoms with Crippen molar-refractivity contribution in [3.05, 3.63) is 101 Å². The highest BCUT2D eigenvalue weighted by molar-refractivity contribution is 6.00. The second-order valence-electron chi connectivity index (χ2n) is 7.00. The maximum absolute atomic E-state index is 14.0. The van der Waals surface area contributed by atoms with Crippen molar-refractivity contribution in [1.29, 1.82) is 5.26 Å². The molecule has 1 heterocycles. The van der Waals surface area contributed by atoms with Crippen molar-refractivity contribution in [2.75, 3.05) is 0 Å². The molecule has 0 spiro atoms. The summed E-state index contributed by atoms with van der Waals surface area (Å²) in [5.41, 5.74) is 4.29. The molecule has 0 saturated heterocycles. The number of hydrogen-bond acceptors (Lipinski definition) is 4. The lowest BCUT2D eigenvalue weighted by Gasteiger charge is -2.08.